The number of methoxy groups -OCH3 is 2. The van der Waals surface area contributed by atoms with Gasteiger partial charge in [0.2, 0.25) is 0 Å². The maximum atomic E-state index is 10.5. The molecule has 3 aromatic rings. The van der Waals surface area contributed by atoms with Crippen LogP contribution in [0.25, 0.3) is 10.9 Å². The number of hydrogen-bond donors (Lipinski definition) is 0. The van der Waals surface area contributed by atoms with Crippen molar-refractivity contribution in [2.45, 2.75) is 9.10 Å². The molecule has 7 heteroatoms. The Morgan fingerprint density at radius 1 is 1.14 bits per heavy atom. The quantitative estimate of drug-likeness (QED) is 0.624. The number of thiophene rings is 1. The van der Waals surface area contributed by atoms with E-state index in [4.69, 9.17) is 9.47 Å². The van der Waals surface area contributed by atoms with E-state index in [1.807, 2.05) is 24.3 Å². The first-order valence-corrected chi connectivity index (χ1v) is 8.00. The molecule has 0 bridgehead atoms. The fourth-order valence-electron chi connectivity index (χ4n) is 2.06. The molecular weight excluding hydrogens is 320 g/mol. The van der Waals surface area contributed by atoms with Gasteiger partial charge in [0, 0.05) is 22.5 Å². The molecule has 0 unspecified atom stereocenters. The van der Waals surface area contributed by atoms with Gasteiger partial charge in [-0.05, 0) is 29.4 Å². The molecule has 0 radical (unpaired) electrons. The van der Waals surface area contributed by atoms with Gasteiger partial charge in [-0.3, -0.25) is 4.98 Å². The summed E-state index contributed by atoms with van der Waals surface area (Å²) in [5.74, 6) is 1.31. The highest BCUT2D eigenvalue weighted by Crippen LogP contribution is 2.41. The van der Waals surface area contributed by atoms with Crippen molar-refractivity contribution < 1.29 is 9.47 Å². The van der Waals surface area contributed by atoms with Crippen LogP contribution in [0, 0.1) is 4.91 Å². The number of hydrogen-bond acceptors (Lipinski definition) is 7. The first-order valence-electron chi connectivity index (χ1n) is 6.37. The van der Waals surface area contributed by atoms with Gasteiger partial charge >= 0.3 is 0 Å². The average molecular weight is 332 g/mol. The molecule has 0 saturated heterocycles. The summed E-state index contributed by atoms with van der Waals surface area (Å²) in [4.78, 5) is 16.0. The van der Waals surface area contributed by atoms with Gasteiger partial charge in [0.15, 0.2) is 16.5 Å². The van der Waals surface area contributed by atoms with Crippen molar-refractivity contribution in [2.24, 2.45) is 5.18 Å². The third kappa shape index (κ3) is 2.77. The molecule has 0 spiro atoms. The molecule has 2 heterocycles. The molecule has 112 valence electrons. The number of benzene rings is 1. The van der Waals surface area contributed by atoms with Crippen molar-refractivity contribution >= 4 is 39.0 Å². The van der Waals surface area contributed by atoms with Gasteiger partial charge in [-0.1, -0.05) is 11.8 Å². The van der Waals surface area contributed by atoms with Gasteiger partial charge in [0.25, 0.3) is 0 Å². The lowest BCUT2D eigenvalue weighted by molar-refractivity contribution is 0.355. The van der Waals surface area contributed by atoms with Crippen LogP contribution >= 0.6 is 23.1 Å². The van der Waals surface area contributed by atoms with Crippen LogP contribution in [0.4, 0.5) is 5.00 Å². The highest BCUT2D eigenvalue weighted by molar-refractivity contribution is 8.01. The molecule has 0 atom stereocenters. The number of aromatic nitrogens is 1. The molecule has 0 amide bonds. The van der Waals surface area contributed by atoms with E-state index >= 15 is 0 Å². The summed E-state index contributed by atoms with van der Waals surface area (Å²) in [6, 6.07) is 9.31. The zero-order chi connectivity index (χ0) is 15.5. The maximum Gasteiger partial charge on any atom is 0.162 e. The van der Waals surface area contributed by atoms with E-state index in [2.05, 4.69) is 10.2 Å². The van der Waals surface area contributed by atoms with Crippen LogP contribution in [0.15, 0.2) is 50.8 Å². The number of fused-ring (bicyclic) bond motifs is 1. The lowest BCUT2D eigenvalue weighted by atomic mass is 10.2. The van der Waals surface area contributed by atoms with Gasteiger partial charge in [0.05, 0.1) is 23.9 Å². The highest BCUT2D eigenvalue weighted by Gasteiger charge is 2.11. The van der Waals surface area contributed by atoms with E-state index in [9.17, 15) is 4.91 Å². The van der Waals surface area contributed by atoms with E-state index in [1.54, 1.807) is 38.2 Å². The van der Waals surface area contributed by atoms with Crippen LogP contribution < -0.4 is 9.47 Å². The predicted molar refractivity (Wildman–Crippen MR) is 88.7 cm³/mol. The van der Waals surface area contributed by atoms with E-state index in [0.717, 1.165) is 20.0 Å². The summed E-state index contributed by atoms with van der Waals surface area (Å²) in [7, 11) is 3.20. The molecule has 0 fully saturated rings. The van der Waals surface area contributed by atoms with Gasteiger partial charge < -0.3 is 9.47 Å². The van der Waals surface area contributed by atoms with Crippen molar-refractivity contribution in [1.82, 2.24) is 4.98 Å². The smallest absolute Gasteiger partial charge is 0.162 e. The lowest BCUT2D eigenvalue weighted by Gasteiger charge is -2.10. The highest BCUT2D eigenvalue weighted by atomic mass is 32.2. The summed E-state index contributed by atoms with van der Waals surface area (Å²) < 4.78 is 11.7. The molecule has 0 aliphatic carbocycles. The third-order valence-corrected chi connectivity index (χ3v) is 5.24. The summed E-state index contributed by atoms with van der Waals surface area (Å²) in [5.41, 5.74) is 0.827. The number of pyridine rings is 1. The van der Waals surface area contributed by atoms with Crippen LogP contribution in [0.1, 0.15) is 0 Å². The Balaban J connectivity index is 2.07. The molecule has 0 N–H and O–H groups in total. The standard InChI is InChI=1S/C15H12N2O3S2/c1-19-11-7-9-10(8-12(11)20-2)16-6-5-13(9)21-15-4-3-14(17-18)22-15/h3-8H,1-2H3. The Morgan fingerprint density at radius 3 is 2.59 bits per heavy atom. The molecule has 0 saturated carbocycles. The lowest BCUT2D eigenvalue weighted by Crippen LogP contribution is -1.92. The number of nitroso groups, excluding NO2 is 1. The Bertz CT molecular complexity index is 833. The van der Waals surface area contributed by atoms with Crippen LogP contribution in [-0.2, 0) is 0 Å². The second-order valence-electron chi connectivity index (χ2n) is 4.32. The molecule has 0 aliphatic rings. The summed E-state index contributed by atoms with van der Waals surface area (Å²) in [5, 5.41) is 4.40. The van der Waals surface area contributed by atoms with Crippen molar-refractivity contribution in [1.29, 1.82) is 0 Å². The molecule has 2 aromatic heterocycles. The Hall–Kier alpha value is -2.12. The Morgan fingerprint density at radius 2 is 1.91 bits per heavy atom. The topological polar surface area (TPSA) is 60.8 Å². The Labute approximate surface area is 135 Å². The number of ether oxygens (including phenoxy) is 2. The fraction of sp³-hybridized carbons (Fsp3) is 0.133. The number of nitrogens with zero attached hydrogens (tertiary/aromatic N) is 2. The molecular formula is C15H12N2O3S2. The van der Waals surface area contributed by atoms with E-state index in [1.165, 1.54) is 11.3 Å². The molecule has 3 rings (SSSR count). The largest absolute Gasteiger partial charge is 0.493 e. The van der Waals surface area contributed by atoms with Crippen molar-refractivity contribution in [3.8, 4) is 11.5 Å². The first kappa shape index (κ1) is 14.8. The van der Waals surface area contributed by atoms with Crippen molar-refractivity contribution in [3.05, 3.63) is 41.4 Å². The minimum atomic E-state index is 0.472. The Kier molecular flexibility index (Phi) is 4.26. The third-order valence-electron chi connectivity index (χ3n) is 3.07. The second kappa shape index (κ2) is 6.33. The zero-order valence-corrected chi connectivity index (χ0v) is 13.5. The molecule has 22 heavy (non-hydrogen) atoms. The number of rotatable bonds is 5. The van der Waals surface area contributed by atoms with Gasteiger partial charge in [-0.25, -0.2) is 0 Å². The molecule has 1 aromatic carbocycles. The molecule has 5 nitrogen and oxygen atoms in total. The average Bonchev–Trinajstić information content (AvgIpc) is 3.01. The van der Waals surface area contributed by atoms with Crippen LogP contribution in [-0.4, -0.2) is 19.2 Å². The van der Waals surface area contributed by atoms with Crippen LogP contribution in [0.3, 0.4) is 0 Å². The van der Waals surface area contributed by atoms with Crippen LogP contribution in [0.5, 0.6) is 11.5 Å². The van der Waals surface area contributed by atoms with Gasteiger partial charge in [-0.2, -0.15) is 0 Å². The summed E-state index contributed by atoms with van der Waals surface area (Å²) in [6.45, 7) is 0. The second-order valence-corrected chi connectivity index (χ2v) is 6.72. The summed E-state index contributed by atoms with van der Waals surface area (Å²) >= 11 is 2.93. The van der Waals surface area contributed by atoms with E-state index < -0.39 is 0 Å². The van der Waals surface area contributed by atoms with Crippen molar-refractivity contribution in [3.63, 3.8) is 0 Å². The SMILES string of the molecule is COc1cc2nccc(Sc3ccc(N=O)s3)c2cc1OC. The zero-order valence-electron chi connectivity index (χ0n) is 11.9. The molecule has 0 aliphatic heterocycles. The first-order chi connectivity index (χ1) is 10.7. The maximum absolute atomic E-state index is 10.5. The van der Waals surface area contributed by atoms with Gasteiger partial charge in [0.1, 0.15) is 0 Å². The monoisotopic (exact) mass is 332 g/mol. The van der Waals surface area contributed by atoms with Crippen molar-refractivity contribution in [2.75, 3.05) is 14.2 Å². The fourth-order valence-corrected chi connectivity index (χ4v) is 4.02. The van der Waals surface area contributed by atoms with Gasteiger partial charge in [-0.15, -0.1) is 16.2 Å². The normalized spacial score (nSPS) is 10.6. The minimum Gasteiger partial charge on any atom is -0.493 e. The predicted octanol–water partition coefficient (Wildman–Crippen LogP) is 4.86. The summed E-state index contributed by atoms with van der Waals surface area (Å²) in [6.07, 6.45) is 1.75. The van der Waals surface area contributed by atoms with Crippen LogP contribution in [0.2, 0.25) is 0 Å². The van der Waals surface area contributed by atoms with E-state index in [0.29, 0.717) is 16.5 Å². The van der Waals surface area contributed by atoms with E-state index in [-0.39, 0.29) is 0 Å². The minimum absolute atomic E-state index is 0.472.